The lowest BCUT2D eigenvalue weighted by Gasteiger charge is -2.11. The Morgan fingerprint density at radius 1 is 1.13 bits per heavy atom. The molecule has 0 saturated heterocycles. The maximum Gasteiger partial charge on any atom is 0.416 e. The number of halogens is 3. The van der Waals surface area contributed by atoms with Crippen LogP contribution in [0.1, 0.15) is 24.0 Å². The second kappa shape index (κ2) is 3.76. The van der Waals surface area contributed by atoms with Gasteiger partial charge in [0.25, 0.3) is 0 Å². The maximum absolute atomic E-state index is 12.4. The smallest absolute Gasteiger partial charge is 0.385 e. The summed E-state index contributed by atoms with van der Waals surface area (Å²) in [6.45, 7) is 0.846. The molecule has 0 radical (unpaired) electrons. The summed E-state index contributed by atoms with van der Waals surface area (Å²) in [6.07, 6.45) is -1.55. The highest BCUT2D eigenvalue weighted by Crippen LogP contribution is 2.32. The van der Waals surface area contributed by atoms with Gasteiger partial charge in [0.1, 0.15) is 0 Å². The highest BCUT2D eigenvalue weighted by atomic mass is 19.4. The van der Waals surface area contributed by atoms with Crippen LogP contribution in [-0.2, 0) is 12.6 Å². The first kappa shape index (κ1) is 10.3. The quantitative estimate of drug-likeness (QED) is 0.698. The number of nitrogens with one attached hydrogen (secondary N) is 1. The molecule has 1 aliphatic rings. The molecule has 1 aromatic carbocycles. The number of hydrogen-bond donors (Lipinski definition) is 1. The predicted molar refractivity (Wildman–Crippen MR) is 52.9 cm³/mol. The van der Waals surface area contributed by atoms with Crippen LogP contribution in [-0.4, -0.2) is 6.54 Å². The van der Waals surface area contributed by atoms with Crippen LogP contribution >= 0.6 is 0 Å². The summed E-state index contributed by atoms with van der Waals surface area (Å²) in [6, 6.07) is 3.92. The van der Waals surface area contributed by atoms with Crippen molar-refractivity contribution in [3.63, 3.8) is 0 Å². The summed E-state index contributed by atoms with van der Waals surface area (Å²) in [7, 11) is 0. The van der Waals surface area contributed by atoms with E-state index in [0.29, 0.717) is 0 Å². The number of benzene rings is 1. The standard InChI is InChI=1S/C11H12F3N/c12-11(13,14)9-4-5-10-8(7-9)3-1-2-6-15-10/h4-5,7,15H,1-3,6H2. The minimum atomic E-state index is -4.23. The number of fused-ring (bicyclic) bond motifs is 1. The number of hydrogen-bond acceptors (Lipinski definition) is 1. The Balaban J connectivity index is 2.36. The number of rotatable bonds is 0. The van der Waals surface area contributed by atoms with Crippen molar-refractivity contribution in [2.24, 2.45) is 0 Å². The van der Waals surface area contributed by atoms with E-state index in [0.717, 1.165) is 43.1 Å². The fourth-order valence-corrected chi connectivity index (χ4v) is 1.81. The minimum absolute atomic E-state index is 0.551. The van der Waals surface area contributed by atoms with Crippen molar-refractivity contribution in [3.05, 3.63) is 29.3 Å². The molecule has 15 heavy (non-hydrogen) atoms. The molecule has 0 aliphatic carbocycles. The van der Waals surface area contributed by atoms with E-state index in [9.17, 15) is 13.2 Å². The molecule has 1 aromatic rings. The number of anilines is 1. The first-order chi connectivity index (χ1) is 7.07. The largest absolute Gasteiger partial charge is 0.416 e. The van der Waals surface area contributed by atoms with E-state index in [4.69, 9.17) is 0 Å². The molecule has 1 aliphatic heterocycles. The zero-order chi connectivity index (χ0) is 10.9. The third kappa shape index (κ3) is 2.25. The van der Waals surface area contributed by atoms with Gasteiger partial charge in [0, 0.05) is 12.2 Å². The third-order valence-corrected chi connectivity index (χ3v) is 2.62. The molecule has 0 atom stereocenters. The Morgan fingerprint density at radius 2 is 1.93 bits per heavy atom. The molecule has 82 valence electrons. The lowest BCUT2D eigenvalue weighted by atomic mass is 10.0. The molecule has 0 saturated carbocycles. The molecule has 0 aromatic heterocycles. The molecule has 0 fully saturated rings. The first-order valence-electron chi connectivity index (χ1n) is 5.01. The van der Waals surface area contributed by atoms with E-state index in [1.54, 1.807) is 0 Å². The van der Waals surface area contributed by atoms with Crippen molar-refractivity contribution < 1.29 is 13.2 Å². The average Bonchev–Trinajstić information content (AvgIpc) is 2.39. The topological polar surface area (TPSA) is 12.0 Å². The van der Waals surface area contributed by atoms with Crippen LogP contribution in [0.2, 0.25) is 0 Å². The van der Waals surface area contributed by atoms with Crippen LogP contribution in [0.3, 0.4) is 0 Å². The number of alkyl halides is 3. The van der Waals surface area contributed by atoms with Crippen LogP contribution in [0.5, 0.6) is 0 Å². The van der Waals surface area contributed by atoms with Crippen molar-refractivity contribution in [3.8, 4) is 0 Å². The van der Waals surface area contributed by atoms with E-state index in [1.165, 1.54) is 12.1 Å². The normalized spacial score (nSPS) is 16.5. The van der Waals surface area contributed by atoms with Crippen molar-refractivity contribution in [1.82, 2.24) is 0 Å². The molecule has 0 amide bonds. The number of aryl methyl sites for hydroxylation is 1. The van der Waals surface area contributed by atoms with Gasteiger partial charge in [0.2, 0.25) is 0 Å². The molecule has 1 nitrogen and oxygen atoms in total. The zero-order valence-electron chi connectivity index (χ0n) is 8.19. The van der Waals surface area contributed by atoms with Gasteiger partial charge in [-0.2, -0.15) is 13.2 Å². The summed E-state index contributed by atoms with van der Waals surface area (Å²) in [5.74, 6) is 0. The first-order valence-corrected chi connectivity index (χ1v) is 5.01. The summed E-state index contributed by atoms with van der Waals surface area (Å²) in [5, 5.41) is 3.14. The minimum Gasteiger partial charge on any atom is -0.385 e. The third-order valence-electron chi connectivity index (χ3n) is 2.62. The zero-order valence-corrected chi connectivity index (χ0v) is 8.19. The van der Waals surface area contributed by atoms with E-state index in [2.05, 4.69) is 5.32 Å². The van der Waals surface area contributed by atoms with Crippen molar-refractivity contribution >= 4 is 5.69 Å². The second-order valence-corrected chi connectivity index (χ2v) is 3.75. The Hall–Kier alpha value is -1.19. The monoisotopic (exact) mass is 215 g/mol. The maximum atomic E-state index is 12.4. The Kier molecular flexibility index (Phi) is 2.59. The Bertz CT molecular complexity index is 357. The molecule has 2 rings (SSSR count). The fourth-order valence-electron chi connectivity index (χ4n) is 1.81. The van der Waals surface area contributed by atoms with Crippen LogP contribution in [0, 0.1) is 0 Å². The van der Waals surface area contributed by atoms with Crippen molar-refractivity contribution in [2.75, 3.05) is 11.9 Å². The highest BCUT2D eigenvalue weighted by molar-refractivity contribution is 5.53. The van der Waals surface area contributed by atoms with Gasteiger partial charge in [-0.1, -0.05) is 0 Å². The Morgan fingerprint density at radius 3 is 2.67 bits per heavy atom. The second-order valence-electron chi connectivity index (χ2n) is 3.75. The fraction of sp³-hybridized carbons (Fsp3) is 0.455. The van der Waals surface area contributed by atoms with E-state index in [1.807, 2.05) is 0 Å². The van der Waals surface area contributed by atoms with E-state index in [-0.39, 0.29) is 0 Å². The summed E-state index contributed by atoms with van der Waals surface area (Å²) < 4.78 is 37.3. The highest BCUT2D eigenvalue weighted by Gasteiger charge is 2.30. The SMILES string of the molecule is FC(F)(F)c1ccc2c(c1)CCCCN2. The molecular weight excluding hydrogens is 203 g/mol. The van der Waals surface area contributed by atoms with Gasteiger partial charge in [-0.3, -0.25) is 0 Å². The van der Waals surface area contributed by atoms with Gasteiger partial charge in [-0.15, -0.1) is 0 Å². The van der Waals surface area contributed by atoms with Crippen LogP contribution in [0.4, 0.5) is 18.9 Å². The summed E-state index contributed by atoms with van der Waals surface area (Å²) in [4.78, 5) is 0. The summed E-state index contributed by atoms with van der Waals surface area (Å²) in [5.41, 5.74) is 1.08. The predicted octanol–water partition coefficient (Wildman–Crippen LogP) is 3.45. The van der Waals surface area contributed by atoms with Crippen molar-refractivity contribution in [2.45, 2.75) is 25.4 Å². The molecule has 0 spiro atoms. The molecule has 0 unspecified atom stereocenters. The molecule has 1 N–H and O–H groups in total. The van der Waals surface area contributed by atoms with Crippen LogP contribution < -0.4 is 5.32 Å². The molecule has 0 bridgehead atoms. The lowest BCUT2D eigenvalue weighted by Crippen LogP contribution is -2.06. The van der Waals surface area contributed by atoms with Gasteiger partial charge in [0.15, 0.2) is 0 Å². The molecule has 4 heteroatoms. The van der Waals surface area contributed by atoms with Crippen molar-refractivity contribution in [1.29, 1.82) is 0 Å². The molecule has 1 heterocycles. The average molecular weight is 215 g/mol. The van der Waals surface area contributed by atoms with Gasteiger partial charge >= 0.3 is 6.18 Å². The van der Waals surface area contributed by atoms with Crippen LogP contribution in [0.15, 0.2) is 18.2 Å². The van der Waals surface area contributed by atoms with E-state index < -0.39 is 11.7 Å². The van der Waals surface area contributed by atoms with Gasteiger partial charge in [-0.25, -0.2) is 0 Å². The van der Waals surface area contributed by atoms with E-state index >= 15 is 0 Å². The van der Waals surface area contributed by atoms with Crippen LogP contribution in [0.25, 0.3) is 0 Å². The van der Waals surface area contributed by atoms with Gasteiger partial charge in [-0.05, 0) is 43.0 Å². The lowest BCUT2D eigenvalue weighted by molar-refractivity contribution is -0.137. The Labute approximate surface area is 86.3 Å². The molecular formula is C11H12F3N. The van der Waals surface area contributed by atoms with Gasteiger partial charge in [0.05, 0.1) is 5.56 Å². The summed E-state index contributed by atoms with van der Waals surface area (Å²) >= 11 is 0. The van der Waals surface area contributed by atoms with Gasteiger partial charge < -0.3 is 5.32 Å².